The zero-order chi connectivity index (χ0) is 17.3. The number of anilines is 1. The van der Waals surface area contributed by atoms with Gasteiger partial charge in [-0.1, -0.05) is 53.6 Å². The maximum atomic E-state index is 9.56. The van der Waals surface area contributed by atoms with Crippen LogP contribution in [0.4, 0.5) is 5.82 Å². The van der Waals surface area contributed by atoms with Gasteiger partial charge in [-0.05, 0) is 37.1 Å². The Morgan fingerprint density at radius 2 is 1.75 bits per heavy atom. The average molecular weight is 334 g/mol. The Balaban J connectivity index is 2.32. The molecule has 0 fully saturated rings. The van der Waals surface area contributed by atoms with E-state index < -0.39 is 0 Å². The van der Waals surface area contributed by atoms with Gasteiger partial charge in [0.1, 0.15) is 17.5 Å². The van der Waals surface area contributed by atoms with Crippen LogP contribution in [-0.2, 0) is 0 Å². The summed E-state index contributed by atoms with van der Waals surface area (Å²) in [5, 5.41) is 10.2. The summed E-state index contributed by atoms with van der Waals surface area (Å²) in [4.78, 5) is 4.46. The Labute approximate surface area is 146 Å². The molecule has 0 spiro atoms. The standard InChI is InChI=1S/C20H16ClN3/c1-12-4-3-5-15(10-12)18-13(2)19(24-20(23)17(18)11-22)14-6-8-16(21)9-7-14/h3-10H,1-2H3,(H2,23,24). The summed E-state index contributed by atoms with van der Waals surface area (Å²) in [7, 11) is 0. The van der Waals surface area contributed by atoms with Crippen molar-refractivity contribution in [2.45, 2.75) is 13.8 Å². The maximum absolute atomic E-state index is 9.56. The lowest BCUT2D eigenvalue weighted by Gasteiger charge is -2.15. The molecule has 3 rings (SSSR count). The van der Waals surface area contributed by atoms with Crippen LogP contribution in [0.3, 0.4) is 0 Å². The normalized spacial score (nSPS) is 10.4. The van der Waals surface area contributed by atoms with E-state index in [1.165, 1.54) is 0 Å². The molecular formula is C20H16ClN3. The van der Waals surface area contributed by atoms with E-state index in [9.17, 15) is 5.26 Å². The predicted octanol–water partition coefficient (Wildman–Crippen LogP) is 5.14. The molecule has 0 saturated heterocycles. The molecule has 4 heteroatoms. The van der Waals surface area contributed by atoms with Gasteiger partial charge >= 0.3 is 0 Å². The number of pyridine rings is 1. The molecular weight excluding hydrogens is 318 g/mol. The third-order valence-corrected chi connectivity index (χ3v) is 4.26. The minimum Gasteiger partial charge on any atom is -0.383 e. The smallest absolute Gasteiger partial charge is 0.142 e. The van der Waals surface area contributed by atoms with Crippen LogP contribution in [0.1, 0.15) is 16.7 Å². The first-order valence-electron chi connectivity index (χ1n) is 7.54. The van der Waals surface area contributed by atoms with Gasteiger partial charge < -0.3 is 5.73 Å². The maximum Gasteiger partial charge on any atom is 0.142 e. The Morgan fingerprint density at radius 1 is 1.04 bits per heavy atom. The molecule has 0 amide bonds. The van der Waals surface area contributed by atoms with E-state index in [1.54, 1.807) is 0 Å². The molecule has 1 heterocycles. The third kappa shape index (κ3) is 2.84. The Morgan fingerprint density at radius 3 is 2.38 bits per heavy atom. The summed E-state index contributed by atoms with van der Waals surface area (Å²) in [5.74, 6) is 0.240. The van der Waals surface area contributed by atoms with E-state index in [0.29, 0.717) is 10.6 Å². The lowest BCUT2D eigenvalue weighted by molar-refractivity contribution is 1.26. The number of aromatic nitrogens is 1. The molecule has 0 aliphatic rings. The number of hydrogen-bond donors (Lipinski definition) is 1. The van der Waals surface area contributed by atoms with Crippen molar-refractivity contribution in [3.05, 3.63) is 70.2 Å². The highest BCUT2D eigenvalue weighted by Gasteiger charge is 2.18. The van der Waals surface area contributed by atoms with Crippen molar-refractivity contribution < 1.29 is 0 Å². The van der Waals surface area contributed by atoms with Gasteiger partial charge in [-0.2, -0.15) is 5.26 Å². The number of nitrogen functional groups attached to an aromatic ring is 1. The summed E-state index contributed by atoms with van der Waals surface area (Å²) >= 11 is 5.97. The minimum atomic E-state index is 0.240. The second-order valence-corrected chi connectivity index (χ2v) is 6.15. The van der Waals surface area contributed by atoms with Gasteiger partial charge in [-0.15, -0.1) is 0 Å². The van der Waals surface area contributed by atoms with Gasteiger partial charge in [0, 0.05) is 16.1 Å². The summed E-state index contributed by atoms with van der Waals surface area (Å²) in [5.41, 5.74) is 12.0. The Hall–Kier alpha value is -2.83. The molecule has 0 bridgehead atoms. The largest absolute Gasteiger partial charge is 0.383 e. The molecule has 0 aliphatic heterocycles. The van der Waals surface area contributed by atoms with Crippen LogP contribution in [0.2, 0.25) is 5.02 Å². The average Bonchev–Trinajstić information content (AvgIpc) is 2.57. The SMILES string of the molecule is Cc1cccc(-c2c(C)c(-c3ccc(Cl)cc3)nc(N)c2C#N)c1. The third-order valence-electron chi connectivity index (χ3n) is 4.00. The molecule has 118 valence electrons. The van der Waals surface area contributed by atoms with Gasteiger partial charge in [-0.3, -0.25) is 0 Å². The molecule has 0 unspecified atom stereocenters. The van der Waals surface area contributed by atoms with E-state index in [4.69, 9.17) is 17.3 Å². The van der Waals surface area contributed by atoms with E-state index in [2.05, 4.69) is 11.1 Å². The van der Waals surface area contributed by atoms with Gasteiger partial charge in [-0.25, -0.2) is 4.98 Å². The van der Waals surface area contributed by atoms with Gasteiger partial charge in [0.05, 0.1) is 5.69 Å². The first-order valence-corrected chi connectivity index (χ1v) is 7.92. The van der Waals surface area contributed by atoms with Crippen molar-refractivity contribution in [1.82, 2.24) is 4.98 Å². The highest BCUT2D eigenvalue weighted by atomic mass is 35.5. The van der Waals surface area contributed by atoms with Gasteiger partial charge in [0.2, 0.25) is 0 Å². The summed E-state index contributed by atoms with van der Waals surface area (Å²) in [6, 6.07) is 17.7. The number of aryl methyl sites for hydroxylation is 1. The Kier molecular flexibility index (Phi) is 4.24. The van der Waals surface area contributed by atoms with Crippen molar-refractivity contribution in [3.63, 3.8) is 0 Å². The molecule has 24 heavy (non-hydrogen) atoms. The number of rotatable bonds is 2. The molecule has 2 aromatic carbocycles. The van der Waals surface area contributed by atoms with Crippen molar-refractivity contribution in [2.75, 3.05) is 5.73 Å². The molecule has 0 aliphatic carbocycles. The van der Waals surface area contributed by atoms with E-state index in [-0.39, 0.29) is 5.82 Å². The number of halogens is 1. The van der Waals surface area contributed by atoms with Gasteiger partial charge in [0.15, 0.2) is 0 Å². The quantitative estimate of drug-likeness (QED) is 0.706. The second kappa shape index (κ2) is 6.35. The molecule has 2 N–H and O–H groups in total. The van der Waals surface area contributed by atoms with Crippen LogP contribution in [0.5, 0.6) is 0 Å². The number of hydrogen-bond acceptors (Lipinski definition) is 3. The van der Waals surface area contributed by atoms with E-state index in [1.807, 2.05) is 62.4 Å². The fourth-order valence-corrected chi connectivity index (χ4v) is 2.98. The zero-order valence-electron chi connectivity index (χ0n) is 13.5. The van der Waals surface area contributed by atoms with Crippen molar-refractivity contribution in [2.24, 2.45) is 0 Å². The highest BCUT2D eigenvalue weighted by molar-refractivity contribution is 6.30. The van der Waals surface area contributed by atoms with Crippen molar-refractivity contribution in [1.29, 1.82) is 5.26 Å². The van der Waals surface area contributed by atoms with E-state index >= 15 is 0 Å². The first kappa shape index (κ1) is 16.0. The number of benzene rings is 2. The number of nitrogens with zero attached hydrogens (tertiary/aromatic N) is 2. The molecule has 0 radical (unpaired) electrons. The lowest BCUT2D eigenvalue weighted by Crippen LogP contribution is -2.03. The molecule has 3 nitrogen and oxygen atoms in total. The summed E-state index contributed by atoms with van der Waals surface area (Å²) < 4.78 is 0. The number of nitrogens with two attached hydrogens (primary N) is 1. The second-order valence-electron chi connectivity index (χ2n) is 5.71. The van der Waals surface area contributed by atoms with Crippen LogP contribution in [0.15, 0.2) is 48.5 Å². The topological polar surface area (TPSA) is 62.7 Å². The fourth-order valence-electron chi connectivity index (χ4n) is 2.86. The van der Waals surface area contributed by atoms with Crippen LogP contribution in [0, 0.1) is 25.2 Å². The first-order chi connectivity index (χ1) is 11.5. The van der Waals surface area contributed by atoms with Crippen LogP contribution in [0.25, 0.3) is 22.4 Å². The van der Waals surface area contributed by atoms with E-state index in [0.717, 1.165) is 33.5 Å². The molecule has 3 aromatic rings. The van der Waals surface area contributed by atoms with Gasteiger partial charge in [0.25, 0.3) is 0 Å². The fraction of sp³-hybridized carbons (Fsp3) is 0.100. The predicted molar refractivity (Wildman–Crippen MR) is 98.7 cm³/mol. The number of nitriles is 1. The molecule has 1 aromatic heterocycles. The van der Waals surface area contributed by atoms with Crippen molar-refractivity contribution >= 4 is 17.4 Å². The van der Waals surface area contributed by atoms with Crippen LogP contribution < -0.4 is 5.73 Å². The van der Waals surface area contributed by atoms with Crippen molar-refractivity contribution in [3.8, 4) is 28.5 Å². The Bertz CT molecular complexity index is 954. The zero-order valence-corrected chi connectivity index (χ0v) is 14.2. The molecule has 0 saturated carbocycles. The van der Waals surface area contributed by atoms with Crippen LogP contribution in [-0.4, -0.2) is 4.98 Å². The summed E-state index contributed by atoms with van der Waals surface area (Å²) in [6.07, 6.45) is 0. The monoisotopic (exact) mass is 333 g/mol. The minimum absolute atomic E-state index is 0.240. The highest BCUT2D eigenvalue weighted by Crippen LogP contribution is 2.36. The lowest BCUT2D eigenvalue weighted by atomic mass is 9.92. The van der Waals surface area contributed by atoms with Crippen LogP contribution >= 0.6 is 11.6 Å². The summed E-state index contributed by atoms with van der Waals surface area (Å²) in [6.45, 7) is 3.99. The molecule has 0 atom stereocenters.